The summed E-state index contributed by atoms with van der Waals surface area (Å²) in [5.74, 6) is 0. The third-order valence-electron chi connectivity index (χ3n) is 2.98. The Morgan fingerprint density at radius 3 is 2.68 bits per heavy atom. The number of alkyl carbamates (subject to hydrolysis) is 1. The second kappa shape index (κ2) is 7.62. The molecule has 0 unspecified atom stereocenters. The fourth-order valence-electron chi connectivity index (χ4n) is 1.77. The number of amides is 1. The second-order valence-electron chi connectivity index (χ2n) is 5.40. The van der Waals surface area contributed by atoms with E-state index in [1.165, 1.54) is 0 Å². The van der Waals surface area contributed by atoms with Crippen LogP contribution in [0.1, 0.15) is 32.3 Å². The highest BCUT2D eigenvalue weighted by molar-refractivity contribution is 5.67. The van der Waals surface area contributed by atoms with Crippen molar-refractivity contribution in [2.75, 3.05) is 6.54 Å². The summed E-state index contributed by atoms with van der Waals surface area (Å²) in [7, 11) is 0. The molecule has 0 aliphatic heterocycles. The van der Waals surface area contributed by atoms with Crippen LogP contribution in [0.2, 0.25) is 0 Å². The Bertz CT molecular complexity index is 398. The molecule has 1 rings (SSSR count). The van der Waals surface area contributed by atoms with Gasteiger partial charge in [0.1, 0.15) is 6.61 Å². The van der Waals surface area contributed by atoms with E-state index >= 15 is 0 Å². The predicted octanol–water partition coefficient (Wildman–Crippen LogP) is 3.91. The lowest BCUT2D eigenvalue weighted by molar-refractivity contribution is 0.138. The number of carbonyl (C=O) groups is 1. The van der Waals surface area contributed by atoms with E-state index in [1.807, 2.05) is 36.4 Å². The minimum Gasteiger partial charge on any atom is -0.445 e. The van der Waals surface area contributed by atoms with Gasteiger partial charge in [0.25, 0.3) is 0 Å². The van der Waals surface area contributed by atoms with E-state index in [-0.39, 0.29) is 11.5 Å². The molecule has 0 aromatic heterocycles. The van der Waals surface area contributed by atoms with Crippen molar-refractivity contribution in [1.29, 1.82) is 0 Å². The summed E-state index contributed by atoms with van der Waals surface area (Å²) >= 11 is 0. The highest BCUT2D eigenvalue weighted by Crippen LogP contribution is 2.24. The maximum Gasteiger partial charge on any atom is 0.407 e. The Kier molecular flexibility index (Phi) is 6.13. The number of hydrogen-bond donors (Lipinski definition) is 1. The molecule has 0 aliphatic carbocycles. The first-order chi connectivity index (χ1) is 9.03. The van der Waals surface area contributed by atoms with Crippen molar-refractivity contribution in [3.05, 3.63) is 48.6 Å². The van der Waals surface area contributed by atoms with Gasteiger partial charge < -0.3 is 10.1 Å². The molecule has 1 amide bonds. The smallest absolute Gasteiger partial charge is 0.407 e. The van der Waals surface area contributed by atoms with Crippen molar-refractivity contribution in [1.82, 2.24) is 5.32 Å². The molecule has 0 fully saturated rings. The van der Waals surface area contributed by atoms with E-state index in [9.17, 15) is 4.79 Å². The van der Waals surface area contributed by atoms with Crippen LogP contribution in [0, 0.1) is 5.41 Å². The monoisotopic (exact) mass is 261 g/mol. The molecule has 0 spiro atoms. The van der Waals surface area contributed by atoms with E-state index in [0.29, 0.717) is 13.2 Å². The van der Waals surface area contributed by atoms with Crippen molar-refractivity contribution in [3.8, 4) is 0 Å². The van der Waals surface area contributed by atoms with Gasteiger partial charge in [0, 0.05) is 6.54 Å². The fraction of sp³-hybridized carbons (Fsp3) is 0.438. The average molecular weight is 261 g/mol. The number of allylic oxidation sites excluding steroid dienone is 1. The van der Waals surface area contributed by atoms with E-state index in [4.69, 9.17) is 4.74 Å². The zero-order chi connectivity index (χ0) is 14.1. The van der Waals surface area contributed by atoms with Gasteiger partial charge in [0.15, 0.2) is 0 Å². The largest absolute Gasteiger partial charge is 0.445 e. The summed E-state index contributed by atoms with van der Waals surface area (Å²) in [6.07, 6.45) is 3.39. The Hall–Kier alpha value is -1.77. The third-order valence-corrected chi connectivity index (χ3v) is 2.98. The van der Waals surface area contributed by atoms with Crippen LogP contribution in [-0.4, -0.2) is 12.6 Å². The molecule has 0 saturated carbocycles. The first-order valence-electron chi connectivity index (χ1n) is 6.59. The van der Waals surface area contributed by atoms with Crippen LogP contribution in [0.5, 0.6) is 0 Å². The topological polar surface area (TPSA) is 38.3 Å². The van der Waals surface area contributed by atoms with Gasteiger partial charge in [-0.25, -0.2) is 4.79 Å². The summed E-state index contributed by atoms with van der Waals surface area (Å²) in [6, 6.07) is 9.65. The molecule has 0 radical (unpaired) electrons. The average Bonchev–Trinajstić information content (AvgIpc) is 2.37. The maximum atomic E-state index is 11.5. The number of rotatable bonds is 7. The van der Waals surface area contributed by atoms with Gasteiger partial charge in [0.2, 0.25) is 0 Å². The van der Waals surface area contributed by atoms with Gasteiger partial charge in [-0.3, -0.25) is 0 Å². The van der Waals surface area contributed by atoms with Crippen molar-refractivity contribution in [3.63, 3.8) is 0 Å². The van der Waals surface area contributed by atoms with E-state index in [0.717, 1.165) is 18.4 Å². The summed E-state index contributed by atoms with van der Waals surface area (Å²) < 4.78 is 5.13. The second-order valence-corrected chi connectivity index (χ2v) is 5.40. The van der Waals surface area contributed by atoms with Crippen molar-refractivity contribution >= 4 is 6.09 Å². The number of hydrogen-bond acceptors (Lipinski definition) is 2. The first-order valence-corrected chi connectivity index (χ1v) is 6.59. The molecule has 3 heteroatoms. The fourth-order valence-corrected chi connectivity index (χ4v) is 1.77. The normalized spacial score (nSPS) is 10.8. The maximum absolute atomic E-state index is 11.5. The lowest BCUT2D eigenvalue weighted by Crippen LogP contribution is -2.28. The zero-order valence-corrected chi connectivity index (χ0v) is 11.8. The van der Waals surface area contributed by atoms with Crippen molar-refractivity contribution < 1.29 is 9.53 Å². The van der Waals surface area contributed by atoms with Crippen LogP contribution >= 0.6 is 0 Å². The SMILES string of the molecule is C=CCC(C)(C)CCNC(=O)OCc1ccccc1. The van der Waals surface area contributed by atoms with Crippen LogP contribution in [0.15, 0.2) is 43.0 Å². The van der Waals surface area contributed by atoms with Gasteiger partial charge in [-0.2, -0.15) is 0 Å². The van der Waals surface area contributed by atoms with Crippen molar-refractivity contribution in [2.45, 2.75) is 33.3 Å². The molecule has 0 atom stereocenters. The molecule has 0 bridgehead atoms. The third kappa shape index (κ3) is 6.65. The molecule has 3 nitrogen and oxygen atoms in total. The minimum atomic E-state index is -0.363. The highest BCUT2D eigenvalue weighted by Gasteiger charge is 2.15. The quantitative estimate of drug-likeness (QED) is 0.756. The van der Waals surface area contributed by atoms with Crippen LogP contribution < -0.4 is 5.32 Å². The molecular formula is C16H23NO2. The number of benzene rings is 1. The molecule has 19 heavy (non-hydrogen) atoms. The van der Waals surface area contributed by atoms with Crippen LogP contribution in [0.3, 0.4) is 0 Å². The van der Waals surface area contributed by atoms with Crippen LogP contribution in [0.4, 0.5) is 4.79 Å². The molecule has 1 aromatic rings. The van der Waals surface area contributed by atoms with E-state index in [2.05, 4.69) is 25.7 Å². The first kappa shape index (κ1) is 15.3. The number of nitrogens with one attached hydrogen (secondary N) is 1. The van der Waals surface area contributed by atoms with Gasteiger partial charge >= 0.3 is 6.09 Å². The summed E-state index contributed by atoms with van der Waals surface area (Å²) in [4.78, 5) is 11.5. The van der Waals surface area contributed by atoms with Gasteiger partial charge in [0.05, 0.1) is 0 Å². The molecule has 1 aromatic carbocycles. The van der Waals surface area contributed by atoms with Crippen molar-refractivity contribution in [2.24, 2.45) is 5.41 Å². The lowest BCUT2D eigenvalue weighted by Gasteiger charge is -2.22. The Morgan fingerprint density at radius 1 is 1.37 bits per heavy atom. The van der Waals surface area contributed by atoms with E-state index in [1.54, 1.807) is 0 Å². The molecular weight excluding hydrogens is 238 g/mol. The van der Waals surface area contributed by atoms with Gasteiger partial charge in [-0.15, -0.1) is 6.58 Å². The van der Waals surface area contributed by atoms with Gasteiger partial charge in [-0.1, -0.05) is 50.3 Å². The zero-order valence-electron chi connectivity index (χ0n) is 11.8. The summed E-state index contributed by atoms with van der Waals surface area (Å²) in [6.45, 7) is 8.98. The Morgan fingerprint density at radius 2 is 2.05 bits per heavy atom. The van der Waals surface area contributed by atoms with Crippen LogP contribution in [-0.2, 0) is 11.3 Å². The lowest BCUT2D eigenvalue weighted by atomic mass is 9.86. The predicted molar refractivity (Wildman–Crippen MR) is 77.8 cm³/mol. The standard InChI is InChI=1S/C16H23NO2/c1-4-10-16(2,3)11-12-17-15(18)19-13-14-8-6-5-7-9-14/h4-9H,1,10-13H2,2-3H3,(H,17,18). The molecule has 1 N–H and O–H groups in total. The number of carbonyl (C=O) groups excluding carboxylic acids is 1. The molecule has 104 valence electrons. The summed E-state index contributed by atoms with van der Waals surface area (Å²) in [5, 5.41) is 2.77. The van der Waals surface area contributed by atoms with Crippen LogP contribution in [0.25, 0.3) is 0 Å². The molecule has 0 heterocycles. The number of ether oxygens (including phenoxy) is 1. The summed E-state index contributed by atoms with van der Waals surface area (Å²) in [5.41, 5.74) is 1.15. The van der Waals surface area contributed by atoms with E-state index < -0.39 is 0 Å². The Labute approximate surface area is 115 Å². The highest BCUT2D eigenvalue weighted by atomic mass is 16.5. The minimum absolute atomic E-state index is 0.161. The van der Waals surface area contributed by atoms with Gasteiger partial charge in [-0.05, 0) is 23.8 Å². The molecule has 0 saturated heterocycles. The molecule has 0 aliphatic rings. The Balaban J connectivity index is 2.20.